The van der Waals surface area contributed by atoms with Crippen LogP contribution in [-0.2, 0) is 0 Å². The predicted molar refractivity (Wildman–Crippen MR) is 49.6 cm³/mol. The third-order valence-corrected chi connectivity index (χ3v) is 2.94. The molecule has 0 radical (unpaired) electrons. The van der Waals surface area contributed by atoms with E-state index in [0.717, 1.165) is 17.9 Å². The van der Waals surface area contributed by atoms with Crippen molar-refractivity contribution in [2.24, 2.45) is 11.8 Å². The molecule has 2 aliphatic heterocycles. The second-order valence-corrected chi connectivity index (χ2v) is 3.46. The molecule has 0 aromatic heterocycles. The molecule has 1 saturated carbocycles. The molecule has 0 amide bonds. The van der Waals surface area contributed by atoms with Crippen LogP contribution in [0.1, 0.15) is 40.0 Å². The Morgan fingerprint density at radius 2 is 2.09 bits per heavy atom. The summed E-state index contributed by atoms with van der Waals surface area (Å²) in [7, 11) is 0. The molecule has 3 unspecified atom stereocenters. The molecule has 1 aliphatic carbocycles. The molecule has 3 rings (SSSR count). The lowest BCUT2D eigenvalue weighted by Gasteiger charge is -2.34. The summed E-state index contributed by atoms with van der Waals surface area (Å²) < 4.78 is 0. The van der Waals surface area contributed by atoms with E-state index < -0.39 is 0 Å². The average molecular weight is 155 g/mol. The first-order valence-electron chi connectivity index (χ1n) is 5.15. The van der Waals surface area contributed by atoms with Gasteiger partial charge < -0.3 is 5.32 Å². The minimum Gasteiger partial charge on any atom is -0.313 e. The van der Waals surface area contributed by atoms with Crippen molar-refractivity contribution < 1.29 is 0 Å². The standard InChI is InChI=1S/C8H15N.C2H6/c1-2-3-7-6-4-8(7)9-5-6;1-2/h6-9H,2-5H2,1H3;1-2H3. The third-order valence-electron chi connectivity index (χ3n) is 2.94. The van der Waals surface area contributed by atoms with Gasteiger partial charge >= 0.3 is 0 Å². The minimum absolute atomic E-state index is 0.926. The Balaban J connectivity index is 0.000000281. The molecule has 0 aromatic carbocycles. The Morgan fingerprint density at radius 3 is 2.45 bits per heavy atom. The van der Waals surface area contributed by atoms with Gasteiger partial charge in [-0.25, -0.2) is 0 Å². The smallest absolute Gasteiger partial charge is 0.0102 e. The van der Waals surface area contributed by atoms with Crippen molar-refractivity contribution in [1.29, 1.82) is 0 Å². The number of fused-ring (bicyclic) bond motifs is 1. The summed E-state index contributed by atoms with van der Waals surface area (Å²) in [5.41, 5.74) is 0. The van der Waals surface area contributed by atoms with E-state index in [1.807, 2.05) is 13.8 Å². The van der Waals surface area contributed by atoms with Gasteiger partial charge in [0.05, 0.1) is 0 Å². The van der Waals surface area contributed by atoms with E-state index in [-0.39, 0.29) is 0 Å². The van der Waals surface area contributed by atoms with Crippen LogP contribution in [0.15, 0.2) is 0 Å². The molecule has 2 saturated heterocycles. The highest BCUT2D eigenvalue weighted by Crippen LogP contribution is 2.42. The van der Waals surface area contributed by atoms with Gasteiger partial charge in [-0.3, -0.25) is 0 Å². The lowest BCUT2D eigenvalue weighted by molar-refractivity contribution is 0.200. The SMILES string of the molecule is CC.CCCC1C2CNC1C2. The molecule has 2 bridgehead atoms. The van der Waals surface area contributed by atoms with E-state index in [1.54, 1.807) is 0 Å². The maximum Gasteiger partial charge on any atom is 0.0102 e. The van der Waals surface area contributed by atoms with Gasteiger partial charge in [0.1, 0.15) is 0 Å². The normalized spacial score (nSPS) is 39.0. The lowest BCUT2D eigenvalue weighted by atomic mass is 9.72. The Bertz CT molecular complexity index is 97.4. The lowest BCUT2D eigenvalue weighted by Crippen LogP contribution is -2.36. The second-order valence-electron chi connectivity index (χ2n) is 3.46. The van der Waals surface area contributed by atoms with Crippen LogP contribution in [0, 0.1) is 11.8 Å². The first-order chi connectivity index (χ1) is 5.42. The molecule has 1 N–H and O–H groups in total. The third kappa shape index (κ3) is 1.58. The summed E-state index contributed by atoms with van der Waals surface area (Å²) in [4.78, 5) is 0. The summed E-state index contributed by atoms with van der Waals surface area (Å²) in [6, 6.07) is 0.926. The molecule has 3 aliphatic rings. The quantitative estimate of drug-likeness (QED) is 0.645. The van der Waals surface area contributed by atoms with Gasteiger partial charge in [0.25, 0.3) is 0 Å². The zero-order chi connectivity index (χ0) is 8.27. The molecule has 3 fully saturated rings. The van der Waals surface area contributed by atoms with E-state index in [4.69, 9.17) is 0 Å². The van der Waals surface area contributed by atoms with E-state index in [2.05, 4.69) is 12.2 Å². The fourth-order valence-electron chi connectivity index (χ4n) is 2.35. The molecular formula is C10H21N. The second kappa shape index (κ2) is 4.10. The largest absolute Gasteiger partial charge is 0.313 e. The van der Waals surface area contributed by atoms with Gasteiger partial charge in [0, 0.05) is 6.04 Å². The Kier molecular flexibility index (Phi) is 3.38. The summed E-state index contributed by atoms with van der Waals surface area (Å²) >= 11 is 0. The summed E-state index contributed by atoms with van der Waals surface area (Å²) in [5.74, 6) is 2.13. The highest BCUT2D eigenvalue weighted by atomic mass is 15.0. The van der Waals surface area contributed by atoms with E-state index in [9.17, 15) is 0 Å². The van der Waals surface area contributed by atoms with Crippen LogP contribution in [0.25, 0.3) is 0 Å². The molecule has 1 nitrogen and oxygen atoms in total. The van der Waals surface area contributed by atoms with Gasteiger partial charge in [-0.1, -0.05) is 27.2 Å². The maximum atomic E-state index is 3.53. The Morgan fingerprint density at radius 1 is 1.36 bits per heavy atom. The molecule has 66 valence electrons. The summed E-state index contributed by atoms with van der Waals surface area (Å²) in [6.45, 7) is 7.60. The maximum absolute atomic E-state index is 3.53. The van der Waals surface area contributed by atoms with Gasteiger partial charge in [0.15, 0.2) is 0 Å². The minimum atomic E-state index is 0.926. The molecule has 2 heterocycles. The molecule has 1 heteroatoms. The number of rotatable bonds is 2. The Hall–Kier alpha value is -0.0400. The van der Waals surface area contributed by atoms with Crippen molar-refractivity contribution >= 4 is 0 Å². The average Bonchev–Trinajstić information content (AvgIpc) is 2.64. The molecule has 0 spiro atoms. The zero-order valence-electron chi connectivity index (χ0n) is 8.06. The predicted octanol–water partition coefficient (Wildman–Crippen LogP) is 2.42. The van der Waals surface area contributed by atoms with Gasteiger partial charge in [-0.05, 0) is 31.2 Å². The van der Waals surface area contributed by atoms with Crippen LogP contribution in [-0.4, -0.2) is 12.6 Å². The highest BCUT2D eigenvalue weighted by Gasteiger charge is 2.45. The van der Waals surface area contributed by atoms with Crippen molar-refractivity contribution in [3.05, 3.63) is 0 Å². The zero-order valence-corrected chi connectivity index (χ0v) is 8.06. The van der Waals surface area contributed by atoms with Crippen molar-refractivity contribution in [1.82, 2.24) is 5.32 Å². The van der Waals surface area contributed by atoms with Crippen molar-refractivity contribution in [3.63, 3.8) is 0 Å². The topological polar surface area (TPSA) is 12.0 Å². The molecule has 0 aromatic rings. The van der Waals surface area contributed by atoms with Crippen molar-refractivity contribution in [3.8, 4) is 0 Å². The highest BCUT2D eigenvalue weighted by molar-refractivity contribution is 5.01. The Labute approximate surface area is 70.6 Å². The van der Waals surface area contributed by atoms with Crippen LogP contribution in [0.4, 0.5) is 0 Å². The molecular weight excluding hydrogens is 134 g/mol. The molecule has 11 heavy (non-hydrogen) atoms. The summed E-state index contributed by atoms with van der Waals surface area (Å²) in [5, 5.41) is 3.53. The van der Waals surface area contributed by atoms with Crippen LogP contribution in [0.3, 0.4) is 0 Å². The van der Waals surface area contributed by atoms with E-state index in [0.29, 0.717) is 0 Å². The molecule has 3 atom stereocenters. The first-order valence-corrected chi connectivity index (χ1v) is 5.15. The number of hydrogen-bond acceptors (Lipinski definition) is 1. The van der Waals surface area contributed by atoms with Crippen molar-refractivity contribution in [2.45, 2.75) is 46.1 Å². The van der Waals surface area contributed by atoms with Crippen LogP contribution >= 0.6 is 0 Å². The van der Waals surface area contributed by atoms with Gasteiger partial charge in [0.2, 0.25) is 0 Å². The fraction of sp³-hybridized carbons (Fsp3) is 1.00. The van der Waals surface area contributed by atoms with E-state index >= 15 is 0 Å². The summed E-state index contributed by atoms with van der Waals surface area (Å²) in [6.07, 6.45) is 4.31. The number of hydrogen-bond donors (Lipinski definition) is 1. The monoisotopic (exact) mass is 155 g/mol. The number of nitrogens with one attached hydrogen (secondary N) is 1. The van der Waals surface area contributed by atoms with Crippen molar-refractivity contribution in [2.75, 3.05) is 6.54 Å². The van der Waals surface area contributed by atoms with E-state index in [1.165, 1.54) is 25.8 Å². The van der Waals surface area contributed by atoms with Gasteiger partial charge in [-0.2, -0.15) is 0 Å². The van der Waals surface area contributed by atoms with Crippen LogP contribution < -0.4 is 5.32 Å². The van der Waals surface area contributed by atoms with Gasteiger partial charge in [-0.15, -0.1) is 0 Å². The van der Waals surface area contributed by atoms with Crippen LogP contribution in [0.5, 0.6) is 0 Å². The van der Waals surface area contributed by atoms with Crippen LogP contribution in [0.2, 0.25) is 0 Å². The fourth-order valence-corrected chi connectivity index (χ4v) is 2.35. The first kappa shape index (κ1) is 9.05.